The second-order valence-corrected chi connectivity index (χ2v) is 8.21. The van der Waals surface area contributed by atoms with Crippen LogP contribution < -0.4 is 10.2 Å². The van der Waals surface area contributed by atoms with Crippen molar-refractivity contribution >= 4 is 11.8 Å². The van der Waals surface area contributed by atoms with Gasteiger partial charge in [0.15, 0.2) is 0 Å². The molecule has 0 atom stereocenters. The summed E-state index contributed by atoms with van der Waals surface area (Å²) in [6.07, 6.45) is 9.22. The maximum absolute atomic E-state index is 12.8. The number of benzene rings is 1. The Kier molecular flexibility index (Phi) is 5.08. The summed E-state index contributed by atoms with van der Waals surface area (Å²) in [5.41, 5.74) is 2.91. The first kappa shape index (κ1) is 18.3. The number of carbonyl (C=O) groups is 2. The van der Waals surface area contributed by atoms with Crippen molar-refractivity contribution in [2.24, 2.45) is 5.92 Å². The highest BCUT2D eigenvalue weighted by molar-refractivity contribution is 5.93. The molecule has 1 aliphatic carbocycles. The van der Waals surface area contributed by atoms with Crippen molar-refractivity contribution in [3.05, 3.63) is 29.3 Å². The molecule has 2 fully saturated rings. The normalized spacial score (nSPS) is 22.0. The fourth-order valence-electron chi connectivity index (χ4n) is 4.80. The fourth-order valence-corrected chi connectivity index (χ4v) is 4.80. The van der Waals surface area contributed by atoms with E-state index in [9.17, 15) is 9.59 Å². The van der Waals surface area contributed by atoms with Crippen molar-refractivity contribution in [2.45, 2.75) is 63.4 Å². The van der Waals surface area contributed by atoms with Gasteiger partial charge in [0.1, 0.15) is 11.4 Å². The predicted molar refractivity (Wildman–Crippen MR) is 99.8 cm³/mol. The summed E-state index contributed by atoms with van der Waals surface area (Å²) in [5, 5.41) is 8.85. The molecule has 1 aromatic rings. The second kappa shape index (κ2) is 7.50. The maximum Gasteiger partial charge on any atom is 0.274 e. The Balaban J connectivity index is 1.41. The molecular formula is C21H28N2O4. The van der Waals surface area contributed by atoms with E-state index in [1.807, 2.05) is 11.0 Å². The van der Waals surface area contributed by atoms with Gasteiger partial charge >= 0.3 is 0 Å². The van der Waals surface area contributed by atoms with Gasteiger partial charge in [0.2, 0.25) is 5.91 Å². The molecule has 0 radical (unpaired) electrons. The van der Waals surface area contributed by atoms with Gasteiger partial charge in [0, 0.05) is 37.4 Å². The van der Waals surface area contributed by atoms with Crippen LogP contribution in [0, 0.1) is 5.92 Å². The van der Waals surface area contributed by atoms with Crippen LogP contribution >= 0.6 is 0 Å². The Bertz CT molecular complexity index is 719. The first-order valence-electron chi connectivity index (χ1n) is 10.2. The summed E-state index contributed by atoms with van der Waals surface area (Å²) < 4.78 is 6.37. The molecule has 1 aromatic carbocycles. The summed E-state index contributed by atoms with van der Waals surface area (Å²) in [7, 11) is 0. The molecule has 27 heavy (non-hydrogen) atoms. The van der Waals surface area contributed by atoms with E-state index in [1.165, 1.54) is 19.3 Å². The molecule has 2 aliphatic heterocycles. The van der Waals surface area contributed by atoms with Gasteiger partial charge in [-0.2, -0.15) is 0 Å². The van der Waals surface area contributed by atoms with Crippen molar-refractivity contribution < 1.29 is 19.5 Å². The molecule has 2 amide bonds. The lowest BCUT2D eigenvalue weighted by Crippen LogP contribution is -2.52. The molecular weight excluding hydrogens is 344 g/mol. The smallest absolute Gasteiger partial charge is 0.274 e. The van der Waals surface area contributed by atoms with Crippen molar-refractivity contribution in [2.75, 3.05) is 13.1 Å². The Morgan fingerprint density at radius 2 is 1.85 bits per heavy atom. The van der Waals surface area contributed by atoms with Gasteiger partial charge in [-0.25, -0.2) is 5.48 Å². The number of hydrogen-bond donors (Lipinski definition) is 2. The van der Waals surface area contributed by atoms with Crippen LogP contribution in [0.4, 0.5) is 0 Å². The Hall–Kier alpha value is -2.08. The fraction of sp³-hybridized carbons (Fsp3) is 0.619. The number of piperidine rings is 1. The van der Waals surface area contributed by atoms with Gasteiger partial charge < -0.3 is 9.64 Å². The van der Waals surface area contributed by atoms with Gasteiger partial charge in [-0.05, 0) is 43.4 Å². The standard InChI is InChI=1S/C21H28N2O4/c24-19(22-26)17-7-6-15-8-9-21(27-18(15)14-17)10-12-23(13-11-21)20(25)16-4-2-1-3-5-16/h6-7,14,16,26H,1-5,8-13H2,(H,22,24). The minimum absolute atomic E-state index is 0.223. The summed E-state index contributed by atoms with van der Waals surface area (Å²) in [6.45, 7) is 1.50. The third-order valence-electron chi connectivity index (χ3n) is 6.55. The number of nitrogens with one attached hydrogen (secondary N) is 1. The summed E-state index contributed by atoms with van der Waals surface area (Å²) in [6, 6.07) is 5.31. The van der Waals surface area contributed by atoms with Crippen LogP contribution in [0.3, 0.4) is 0 Å². The number of likely N-dealkylation sites (tertiary alicyclic amines) is 1. The molecule has 0 unspecified atom stereocenters. The number of hydroxylamine groups is 1. The number of rotatable bonds is 2. The maximum atomic E-state index is 12.8. The molecule has 0 bridgehead atoms. The van der Waals surface area contributed by atoms with Crippen LogP contribution in [0.2, 0.25) is 0 Å². The highest BCUT2D eigenvalue weighted by atomic mass is 16.5. The number of amides is 2. The SMILES string of the molecule is O=C(NO)c1ccc2c(c1)OC1(CC2)CCN(C(=O)C2CCCCC2)CC1. The van der Waals surface area contributed by atoms with Gasteiger partial charge in [-0.15, -0.1) is 0 Å². The Labute approximate surface area is 159 Å². The van der Waals surface area contributed by atoms with E-state index < -0.39 is 5.91 Å². The summed E-state index contributed by atoms with van der Waals surface area (Å²) in [5.74, 6) is 0.756. The zero-order valence-electron chi connectivity index (χ0n) is 15.7. The van der Waals surface area contributed by atoms with E-state index in [-0.39, 0.29) is 11.5 Å². The van der Waals surface area contributed by atoms with Crippen molar-refractivity contribution in [1.29, 1.82) is 0 Å². The molecule has 146 valence electrons. The van der Waals surface area contributed by atoms with E-state index in [0.717, 1.165) is 62.9 Å². The van der Waals surface area contributed by atoms with E-state index in [2.05, 4.69) is 0 Å². The molecule has 0 aromatic heterocycles. The minimum Gasteiger partial charge on any atom is -0.487 e. The van der Waals surface area contributed by atoms with E-state index in [0.29, 0.717) is 11.5 Å². The zero-order chi connectivity index (χ0) is 18.9. The van der Waals surface area contributed by atoms with Crippen molar-refractivity contribution in [3.8, 4) is 5.75 Å². The van der Waals surface area contributed by atoms with E-state index in [1.54, 1.807) is 17.6 Å². The van der Waals surface area contributed by atoms with Crippen LogP contribution in [0.5, 0.6) is 5.75 Å². The number of nitrogens with zero attached hydrogens (tertiary/aromatic N) is 1. The second-order valence-electron chi connectivity index (χ2n) is 8.21. The third kappa shape index (κ3) is 3.68. The highest BCUT2D eigenvalue weighted by Gasteiger charge is 2.41. The first-order chi connectivity index (χ1) is 13.1. The number of ether oxygens (including phenoxy) is 1. The molecule has 1 saturated heterocycles. The van der Waals surface area contributed by atoms with Crippen LogP contribution in [0.25, 0.3) is 0 Å². The monoisotopic (exact) mass is 372 g/mol. The minimum atomic E-state index is -0.533. The lowest BCUT2D eigenvalue weighted by molar-refractivity contribution is -0.140. The molecule has 6 nitrogen and oxygen atoms in total. The zero-order valence-corrected chi connectivity index (χ0v) is 15.7. The predicted octanol–water partition coefficient (Wildman–Crippen LogP) is 3.07. The number of aryl methyl sites for hydroxylation is 1. The summed E-state index contributed by atoms with van der Waals surface area (Å²) >= 11 is 0. The molecule has 2 N–H and O–H groups in total. The van der Waals surface area contributed by atoms with Crippen LogP contribution in [-0.2, 0) is 11.2 Å². The average Bonchev–Trinajstić information content (AvgIpc) is 2.73. The summed E-state index contributed by atoms with van der Waals surface area (Å²) in [4.78, 5) is 26.5. The van der Waals surface area contributed by atoms with Gasteiger partial charge in [0.05, 0.1) is 0 Å². The largest absolute Gasteiger partial charge is 0.487 e. The van der Waals surface area contributed by atoms with Gasteiger partial charge in [-0.1, -0.05) is 25.3 Å². The average molecular weight is 372 g/mol. The van der Waals surface area contributed by atoms with Gasteiger partial charge in [0.25, 0.3) is 5.91 Å². The molecule has 3 aliphatic rings. The van der Waals surface area contributed by atoms with E-state index >= 15 is 0 Å². The van der Waals surface area contributed by atoms with Gasteiger partial charge in [-0.3, -0.25) is 14.8 Å². The lowest BCUT2D eigenvalue weighted by Gasteiger charge is -2.45. The quantitative estimate of drug-likeness (QED) is 0.618. The number of carbonyl (C=O) groups excluding carboxylic acids is 2. The molecule has 1 spiro atoms. The number of hydrogen-bond acceptors (Lipinski definition) is 4. The van der Waals surface area contributed by atoms with Crippen molar-refractivity contribution in [1.82, 2.24) is 10.4 Å². The third-order valence-corrected chi connectivity index (χ3v) is 6.55. The molecule has 4 rings (SSSR count). The van der Waals surface area contributed by atoms with Crippen LogP contribution in [0.15, 0.2) is 18.2 Å². The van der Waals surface area contributed by atoms with Crippen LogP contribution in [-0.4, -0.2) is 40.6 Å². The lowest BCUT2D eigenvalue weighted by atomic mass is 9.82. The molecule has 2 heterocycles. The molecule has 6 heteroatoms. The Morgan fingerprint density at radius 1 is 1.11 bits per heavy atom. The molecule has 1 saturated carbocycles. The van der Waals surface area contributed by atoms with Crippen LogP contribution in [0.1, 0.15) is 67.3 Å². The first-order valence-corrected chi connectivity index (χ1v) is 10.2. The van der Waals surface area contributed by atoms with E-state index in [4.69, 9.17) is 9.94 Å². The van der Waals surface area contributed by atoms with Crippen molar-refractivity contribution in [3.63, 3.8) is 0 Å². The number of fused-ring (bicyclic) bond motifs is 1. The highest BCUT2D eigenvalue weighted by Crippen LogP contribution is 2.40. The topological polar surface area (TPSA) is 78.9 Å². The Morgan fingerprint density at radius 3 is 2.56 bits per heavy atom.